The Labute approximate surface area is 168 Å². The Hall–Kier alpha value is -1.96. The first-order valence-electron chi connectivity index (χ1n) is 10.1. The summed E-state index contributed by atoms with van der Waals surface area (Å²) in [7, 11) is 0. The van der Waals surface area contributed by atoms with Crippen LogP contribution in [0.1, 0.15) is 36.1 Å². The van der Waals surface area contributed by atoms with Gasteiger partial charge in [0.15, 0.2) is 0 Å². The maximum atomic E-state index is 12.7. The number of hydrogen-bond donors (Lipinski definition) is 1. The highest BCUT2D eigenvalue weighted by atomic mass is 32.1. The lowest BCUT2D eigenvalue weighted by molar-refractivity contribution is -0.149. The minimum Gasteiger partial charge on any atom is -0.384 e. The number of carbonyl (C=O) groups is 1. The van der Waals surface area contributed by atoms with E-state index in [2.05, 4.69) is 11.1 Å². The van der Waals surface area contributed by atoms with Crippen LogP contribution >= 0.6 is 11.3 Å². The van der Waals surface area contributed by atoms with Gasteiger partial charge < -0.3 is 20.1 Å². The van der Waals surface area contributed by atoms with Gasteiger partial charge in [0.05, 0.1) is 22.8 Å². The second-order valence-electron chi connectivity index (χ2n) is 7.81. The molecule has 3 aliphatic rings. The zero-order chi connectivity index (χ0) is 19.1. The highest BCUT2D eigenvalue weighted by Crippen LogP contribution is 2.46. The largest absolute Gasteiger partial charge is 0.384 e. The smallest absolute Gasteiger partial charge is 0.251 e. The number of anilines is 1. The molecule has 3 aliphatic heterocycles. The molecule has 1 amide bonds. The summed E-state index contributed by atoms with van der Waals surface area (Å²) in [6.45, 7) is 2.88. The fraction of sp³-hybridized carbons (Fsp3) is 0.524. The third-order valence-electron chi connectivity index (χ3n) is 6.12. The molecule has 2 N–H and O–H groups in total. The van der Waals surface area contributed by atoms with Crippen molar-refractivity contribution in [2.45, 2.75) is 43.8 Å². The van der Waals surface area contributed by atoms with Crippen LogP contribution in [0.25, 0.3) is 10.6 Å². The molecular formula is C21H25N3O3S. The number of nitrogen functional groups attached to an aromatic ring is 1. The van der Waals surface area contributed by atoms with Gasteiger partial charge in [-0.15, -0.1) is 11.3 Å². The Kier molecular flexibility index (Phi) is 4.61. The summed E-state index contributed by atoms with van der Waals surface area (Å²) in [6, 6.07) is 7.99. The zero-order valence-electron chi connectivity index (χ0n) is 15.9. The monoisotopic (exact) mass is 399 g/mol. The van der Waals surface area contributed by atoms with Crippen molar-refractivity contribution in [1.82, 2.24) is 9.88 Å². The van der Waals surface area contributed by atoms with E-state index in [9.17, 15) is 4.79 Å². The molecule has 2 saturated heterocycles. The van der Waals surface area contributed by atoms with Gasteiger partial charge in [0.25, 0.3) is 5.91 Å². The van der Waals surface area contributed by atoms with Gasteiger partial charge >= 0.3 is 0 Å². The van der Waals surface area contributed by atoms with E-state index < -0.39 is 0 Å². The Morgan fingerprint density at radius 2 is 2.14 bits per heavy atom. The molecule has 7 heteroatoms. The Morgan fingerprint density at radius 3 is 2.89 bits per heavy atom. The zero-order valence-corrected chi connectivity index (χ0v) is 16.7. The Bertz CT molecular complexity index is 883. The van der Waals surface area contributed by atoms with Crippen LogP contribution in [-0.2, 0) is 26.3 Å². The molecule has 2 aromatic heterocycles. The fourth-order valence-electron chi connectivity index (χ4n) is 4.61. The van der Waals surface area contributed by atoms with E-state index in [0.29, 0.717) is 12.4 Å². The predicted octanol–water partition coefficient (Wildman–Crippen LogP) is 2.96. The molecule has 0 aromatic carbocycles. The van der Waals surface area contributed by atoms with Crippen LogP contribution in [-0.4, -0.2) is 48.2 Å². The molecule has 1 spiro atoms. The van der Waals surface area contributed by atoms with Gasteiger partial charge in [-0.3, -0.25) is 4.79 Å². The number of likely N-dealkylation sites (tertiary alicyclic amines) is 1. The molecule has 5 rings (SSSR count). The number of rotatable bonds is 2. The van der Waals surface area contributed by atoms with E-state index in [1.165, 1.54) is 10.4 Å². The summed E-state index contributed by atoms with van der Waals surface area (Å²) in [5, 5.41) is 0. The molecule has 5 heterocycles. The number of aromatic nitrogens is 1. The topological polar surface area (TPSA) is 77.7 Å². The lowest BCUT2D eigenvalue weighted by atomic mass is 9.82. The first-order chi connectivity index (χ1) is 13.6. The van der Waals surface area contributed by atoms with E-state index in [0.717, 1.165) is 62.4 Å². The van der Waals surface area contributed by atoms with Crippen LogP contribution in [0.4, 0.5) is 5.82 Å². The van der Waals surface area contributed by atoms with E-state index in [-0.39, 0.29) is 17.6 Å². The van der Waals surface area contributed by atoms with Crippen molar-refractivity contribution >= 4 is 23.1 Å². The Balaban J connectivity index is 1.37. The van der Waals surface area contributed by atoms with Crippen molar-refractivity contribution in [1.29, 1.82) is 0 Å². The number of piperidine rings is 1. The number of nitrogens with zero attached hydrogens (tertiary/aromatic N) is 2. The number of thiophene rings is 1. The van der Waals surface area contributed by atoms with Gasteiger partial charge in [-0.2, -0.15) is 0 Å². The molecule has 0 aliphatic carbocycles. The van der Waals surface area contributed by atoms with Crippen LogP contribution in [0, 0.1) is 0 Å². The van der Waals surface area contributed by atoms with Crippen molar-refractivity contribution < 1.29 is 14.3 Å². The van der Waals surface area contributed by atoms with Crippen LogP contribution in [0.3, 0.4) is 0 Å². The third kappa shape index (κ3) is 3.11. The number of fused-ring (bicyclic) bond motifs is 2. The van der Waals surface area contributed by atoms with Crippen molar-refractivity contribution in [2.24, 2.45) is 0 Å². The first-order valence-corrected chi connectivity index (χ1v) is 10.9. The van der Waals surface area contributed by atoms with Crippen molar-refractivity contribution in [3.63, 3.8) is 0 Å². The molecule has 0 bridgehead atoms. The molecule has 0 saturated carbocycles. The van der Waals surface area contributed by atoms with Crippen LogP contribution in [0.5, 0.6) is 0 Å². The molecule has 1 atom stereocenters. The standard InChI is InChI=1S/C21H25N3O3S/c22-19-5-1-3-15(23-19)18-13-14-17(28-18)6-12-27-21(14)7-9-24(10-8-21)20(25)16-4-2-11-26-16/h1,3,5,13,16H,2,4,6-12H2,(H2,22,23). The molecule has 28 heavy (non-hydrogen) atoms. The summed E-state index contributed by atoms with van der Waals surface area (Å²) in [5.41, 5.74) is 7.79. The Morgan fingerprint density at radius 1 is 1.29 bits per heavy atom. The molecule has 148 valence electrons. The third-order valence-corrected chi connectivity index (χ3v) is 7.34. The van der Waals surface area contributed by atoms with Crippen molar-refractivity contribution in [3.05, 3.63) is 34.7 Å². The van der Waals surface area contributed by atoms with E-state index in [4.69, 9.17) is 15.2 Å². The number of ether oxygens (including phenoxy) is 2. The maximum Gasteiger partial charge on any atom is 0.251 e. The van der Waals surface area contributed by atoms with Gasteiger partial charge in [-0.1, -0.05) is 6.07 Å². The minimum absolute atomic E-state index is 0.151. The minimum atomic E-state index is -0.282. The molecule has 0 radical (unpaired) electrons. The fourth-order valence-corrected chi connectivity index (χ4v) is 5.81. The highest BCUT2D eigenvalue weighted by molar-refractivity contribution is 7.15. The van der Waals surface area contributed by atoms with Gasteiger partial charge in [0.2, 0.25) is 0 Å². The average Bonchev–Trinajstić information content (AvgIpc) is 3.39. The second kappa shape index (κ2) is 7.13. The average molecular weight is 400 g/mol. The number of carbonyl (C=O) groups excluding carboxylic acids is 1. The van der Waals surface area contributed by atoms with Gasteiger partial charge in [-0.05, 0) is 49.4 Å². The van der Waals surface area contributed by atoms with Gasteiger partial charge in [0.1, 0.15) is 11.9 Å². The lowest BCUT2D eigenvalue weighted by Gasteiger charge is -2.44. The summed E-state index contributed by atoms with van der Waals surface area (Å²) < 4.78 is 11.9. The molecule has 2 aromatic rings. The molecular weight excluding hydrogens is 374 g/mol. The van der Waals surface area contributed by atoms with E-state index in [1.807, 2.05) is 23.1 Å². The SMILES string of the molecule is Nc1cccc(-c2cc3c(s2)CCOC32CCN(C(=O)C3CCCO3)CC2)n1. The number of nitrogens with two attached hydrogens (primary N) is 1. The number of pyridine rings is 1. The van der Waals surface area contributed by atoms with E-state index >= 15 is 0 Å². The number of hydrogen-bond acceptors (Lipinski definition) is 6. The normalized spacial score (nSPS) is 23.7. The maximum absolute atomic E-state index is 12.7. The van der Waals surface area contributed by atoms with Crippen LogP contribution in [0.15, 0.2) is 24.3 Å². The summed E-state index contributed by atoms with van der Waals surface area (Å²) in [4.78, 5) is 21.6. The lowest BCUT2D eigenvalue weighted by Crippen LogP contribution is -2.50. The predicted molar refractivity (Wildman–Crippen MR) is 108 cm³/mol. The van der Waals surface area contributed by atoms with E-state index in [1.54, 1.807) is 11.3 Å². The highest BCUT2D eigenvalue weighted by Gasteiger charge is 2.43. The summed E-state index contributed by atoms with van der Waals surface area (Å²) >= 11 is 1.79. The molecule has 2 fully saturated rings. The summed E-state index contributed by atoms with van der Waals surface area (Å²) in [5.74, 6) is 0.689. The first kappa shape index (κ1) is 18.1. The van der Waals surface area contributed by atoms with Crippen molar-refractivity contribution in [3.8, 4) is 10.6 Å². The quantitative estimate of drug-likeness (QED) is 0.840. The second-order valence-corrected chi connectivity index (χ2v) is 8.95. The van der Waals surface area contributed by atoms with Crippen molar-refractivity contribution in [2.75, 3.05) is 32.0 Å². The number of amides is 1. The summed E-state index contributed by atoms with van der Waals surface area (Å²) in [6.07, 6.45) is 4.19. The van der Waals surface area contributed by atoms with Crippen LogP contribution in [0.2, 0.25) is 0 Å². The van der Waals surface area contributed by atoms with Gasteiger partial charge in [0, 0.05) is 31.0 Å². The van der Waals surface area contributed by atoms with Crippen LogP contribution < -0.4 is 5.73 Å². The molecule has 6 nitrogen and oxygen atoms in total. The molecule has 1 unspecified atom stereocenters. The van der Waals surface area contributed by atoms with Gasteiger partial charge in [-0.25, -0.2) is 4.98 Å².